The number of amidine groups is 1. The number of nitrogens with two attached hydrogens (primary N) is 2. The van der Waals surface area contributed by atoms with Gasteiger partial charge in [-0.15, -0.1) is 0 Å². The third-order valence-electron chi connectivity index (χ3n) is 6.47. The monoisotopic (exact) mass is 478 g/mol. The van der Waals surface area contributed by atoms with E-state index in [1.165, 1.54) is 4.90 Å². The van der Waals surface area contributed by atoms with Gasteiger partial charge in [0.25, 0.3) is 10.2 Å². The Hall–Kier alpha value is -2.50. The summed E-state index contributed by atoms with van der Waals surface area (Å²) in [6.07, 6.45) is 6.80. The van der Waals surface area contributed by atoms with Gasteiger partial charge in [0.2, 0.25) is 11.8 Å². The summed E-state index contributed by atoms with van der Waals surface area (Å²) in [4.78, 5) is 27.7. The molecule has 1 aromatic carbocycles. The van der Waals surface area contributed by atoms with Gasteiger partial charge in [0.15, 0.2) is 0 Å². The van der Waals surface area contributed by atoms with Crippen molar-refractivity contribution in [3.05, 3.63) is 35.4 Å². The number of nitrogens with one attached hydrogen (secondary N) is 3. The highest BCUT2D eigenvalue weighted by Gasteiger charge is 2.38. The summed E-state index contributed by atoms with van der Waals surface area (Å²) in [7, 11) is -4.06. The van der Waals surface area contributed by atoms with Gasteiger partial charge < -0.3 is 16.0 Å². The zero-order chi connectivity index (χ0) is 24.0. The van der Waals surface area contributed by atoms with Gasteiger partial charge in [-0.2, -0.15) is 13.1 Å². The maximum absolute atomic E-state index is 13.3. The molecule has 1 saturated carbocycles. The highest BCUT2D eigenvalue weighted by molar-refractivity contribution is 7.87. The number of hydrogen-bond donors (Lipinski definition) is 5. The van der Waals surface area contributed by atoms with Crippen LogP contribution in [0.4, 0.5) is 0 Å². The fraction of sp³-hybridized carbons (Fsp3) is 0.591. The summed E-state index contributed by atoms with van der Waals surface area (Å²) in [5.74, 6) is -0.432. The topological polar surface area (TPSA) is 171 Å². The normalized spacial score (nSPS) is 20.4. The van der Waals surface area contributed by atoms with Crippen molar-refractivity contribution in [2.24, 2.45) is 16.8 Å². The van der Waals surface area contributed by atoms with Gasteiger partial charge in [0.05, 0.1) is 0 Å². The van der Waals surface area contributed by atoms with E-state index in [2.05, 4.69) is 10.0 Å². The molecule has 2 unspecified atom stereocenters. The molecular formula is C22H34N6O4S. The van der Waals surface area contributed by atoms with E-state index in [9.17, 15) is 18.0 Å². The summed E-state index contributed by atoms with van der Waals surface area (Å²) in [6.45, 7) is 0.675. The lowest BCUT2D eigenvalue weighted by Gasteiger charge is -2.31. The third kappa shape index (κ3) is 7.24. The number of likely N-dealkylation sites (tertiary alicyclic amines) is 1. The maximum atomic E-state index is 13.3. The van der Waals surface area contributed by atoms with E-state index in [4.69, 9.17) is 16.3 Å². The fourth-order valence-electron chi connectivity index (χ4n) is 4.77. The summed E-state index contributed by atoms with van der Waals surface area (Å²) in [5.41, 5.74) is 6.90. The van der Waals surface area contributed by atoms with Crippen molar-refractivity contribution in [3.8, 4) is 0 Å². The number of benzene rings is 1. The van der Waals surface area contributed by atoms with Gasteiger partial charge in [-0.1, -0.05) is 56.4 Å². The lowest BCUT2D eigenvalue weighted by atomic mass is 9.84. The maximum Gasteiger partial charge on any atom is 0.275 e. The first kappa shape index (κ1) is 25.1. The summed E-state index contributed by atoms with van der Waals surface area (Å²) in [6, 6.07) is 5.38. The van der Waals surface area contributed by atoms with Crippen LogP contribution in [0.3, 0.4) is 0 Å². The standard InChI is InChI=1S/C22H34N6O4S/c23-20(24)17-10-8-16(9-11-17)14-26-21(29)19-7-4-12-28(19)22(30)18(27-33(25,31)32)13-15-5-2-1-3-6-15/h8-11,15,18-19,27H,1-7,12-14H2,(H3,23,24)(H,26,29)(H2,25,31,32). The molecule has 2 atom stereocenters. The second-order valence-electron chi connectivity index (χ2n) is 8.97. The average molecular weight is 479 g/mol. The van der Waals surface area contributed by atoms with E-state index in [0.717, 1.165) is 37.7 Å². The minimum Gasteiger partial charge on any atom is -0.384 e. The van der Waals surface area contributed by atoms with Crippen LogP contribution in [0, 0.1) is 11.3 Å². The van der Waals surface area contributed by atoms with Crippen LogP contribution < -0.4 is 20.9 Å². The van der Waals surface area contributed by atoms with Gasteiger partial charge in [-0.05, 0) is 30.7 Å². The molecular weight excluding hydrogens is 444 g/mol. The molecule has 1 saturated heterocycles. The first-order valence-corrected chi connectivity index (χ1v) is 13.0. The highest BCUT2D eigenvalue weighted by Crippen LogP contribution is 2.29. The van der Waals surface area contributed by atoms with Crippen LogP contribution in [0.2, 0.25) is 0 Å². The third-order valence-corrected chi connectivity index (χ3v) is 7.08. The van der Waals surface area contributed by atoms with E-state index in [0.29, 0.717) is 31.4 Å². The van der Waals surface area contributed by atoms with Gasteiger partial charge in [-0.3, -0.25) is 15.0 Å². The summed E-state index contributed by atoms with van der Waals surface area (Å²) in [5, 5.41) is 15.5. The largest absolute Gasteiger partial charge is 0.384 e. The first-order chi connectivity index (χ1) is 15.6. The minimum atomic E-state index is -4.06. The molecule has 2 fully saturated rings. The van der Waals surface area contributed by atoms with Gasteiger partial charge in [-0.25, -0.2) is 5.14 Å². The molecule has 3 rings (SSSR count). The number of hydrogen-bond acceptors (Lipinski definition) is 5. The fourth-order valence-corrected chi connectivity index (χ4v) is 5.36. The second-order valence-corrected chi connectivity index (χ2v) is 10.3. The molecule has 1 heterocycles. The molecule has 2 aliphatic rings. The lowest BCUT2D eigenvalue weighted by Crippen LogP contribution is -2.54. The Morgan fingerprint density at radius 3 is 2.36 bits per heavy atom. The Bertz CT molecular complexity index is 960. The van der Waals surface area contributed by atoms with E-state index >= 15 is 0 Å². The molecule has 182 valence electrons. The van der Waals surface area contributed by atoms with Crippen LogP contribution in [-0.2, 0) is 26.3 Å². The molecule has 1 aromatic rings. The van der Waals surface area contributed by atoms with Gasteiger partial charge >= 0.3 is 0 Å². The predicted octanol–water partition coefficient (Wildman–Crippen LogP) is 0.710. The molecule has 11 heteroatoms. The number of rotatable bonds is 9. The van der Waals surface area contributed by atoms with Crippen molar-refractivity contribution in [1.29, 1.82) is 5.41 Å². The molecule has 0 radical (unpaired) electrons. The Morgan fingerprint density at radius 1 is 1.09 bits per heavy atom. The molecule has 0 spiro atoms. The van der Waals surface area contributed by atoms with Crippen LogP contribution in [0.15, 0.2) is 24.3 Å². The van der Waals surface area contributed by atoms with Crippen molar-refractivity contribution in [2.75, 3.05) is 6.54 Å². The minimum absolute atomic E-state index is 0.0263. The number of nitrogens with zero attached hydrogens (tertiary/aromatic N) is 1. The van der Waals surface area contributed by atoms with Gasteiger partial charge in [0.1, 0.15) is 17.9 Å². The Labute approximate surface area is 195 Å². The molecule has 2 amide bonds. The van der Waals surface area contributed by atoms with Crippen LogP contribution in [0.5, 0.6) is 0 Å². The molecule has 10 nitrogen and oxygen atoms in total. The Kier molecular flexibility index (Phi) is 8.44. The summed E-state index contributed by atoms with van der Waals surface area (Å²) >= 11 is 0. The molecule has 7 N–H and O–H groups in total. The first-order valence-electron chi connectivity index (χ1n) is 11.5. The van der Waals surface area contributed by atoms with Gasteiger partial charge in [0, 0.05) is 18.7 Å². The number of carbonyl (C=O) groups excluding carboxylic acids is 2. The van der Waals surface area contributed by atoms with E-state index in [1.54, 1.807) is 24.3 Å². The van der Waals surface area contributed by atoms with Crippen LogP contribution in [-0.4, -0.2) is 49.6 Å². The van der Waals surface area contributed by atoms with E-state index in [-0.39, 0.29) is 24.2 Å². The van der Waals surface area contributed by atoms with E-state index in [1.807, 2.05) is 0 Å². The van der Waals surface area contributed by atoms with Crippen LogP contribution >= 0.6 is 0 Å². The molecule has 33 heavy (non-hydrogen) atoms. The van der Waals surface area contributed by atoms with Crippen molar-refractivity contribution >= 4 is 27.9 Å². The van der Waals surface area contributed by atoms with Crippen molar-refractivity contribution < 1.29 is 18.0 Å². The summed E-state index contributed by atoms with van der Waals surface area (Å²) < 4.78 is 25.8. The van der Waals surface area contributed by atoms with Crippen molar-refractivity contribution in [3.63, 3.8) is 0 Å². The molecule has 1 aliphatic heterocycles. The van der Waals surface area contributed by atoms with Crippen molar-refractivity contribution in [2.45, 2.75) is 70.0 Å². The Morgan fingerprint density at radius 2 is 1.76 bits per heavy atom. The lowest BCUT2D eigenvalue weighted by molar-refractivity contribution is -0.140. The smallest absolute Gasteiger partial charge is 0.275 e. The van der Waals surface area contributed by atoms with E-state index < -0.39 is 28.2 Å². The zero-order valence-corrected chi connectivity index (χ0v) is 19.6. The average Bonchev–Trinajstić information content (AvgIpc) is 3.26. The van der Waals surface area contributed by atoms with Crippen molar-refractivity contribution in [1.82, 2.24) is 14.9 Å². The predicted molar refractivity (Wildman–Crippen MR) is 125 cm³/mol. The molecule has 1 aliphatic carbocycles. The molecule has 0 aromatic heterocycles. The Balaban J connectivity index is 1.64. The number of carbonyl (C=O) groups is 2. The second kappa shape index (κ2) is 11.1. The molecule has 0 bridgehead atoms. The zero-order valence-electron chi connectivity index (χ0n) is 18.8. The number of nitrogen functional groups attached to an aromatic ring is 1. The van der Waals surface area contributed by atoms with Crippen LogP contribution in [0.25, 0.3) is 0 Å². The quantitative estimate of drug-likeness (QED) is 0.259. The van der Waals surface area contributed by atoms with Crippen LogP contribution in [0.1, 0.15) is 62.5 Å². The highest BCUT2D eigenvalue weighted by atomic mass is 32.2. The SMILES string of the molecule is N=C(N)c1ccc(CNC(=O)C2CCCN2C(=O)C(CC2CCCCC2)NS(N)(=O)=O)cc1. The number of amides is 2.